The van der Waals surface area contributed by atoms with Crippen molar-refractivity contribution in [2.24, 2.45) is 0 Å². The van der Waals surface area contributed by atoms with Gasteiger partial charge in [0.15, 0.2) is 0 Å². The molecule has 0 radical (unpaired) electrons. The molecule has 2 amide bonds. The number of carbonyl (C=O) groups is 2. The van der Waals surface area contributed by atoms with E-state index in [1.165, 1.54) is 25.3 Å². The van der Waals surface area contributed by atoms with E-state index in [2.05, 4.69) is 20.4 Å². The molecule has 3 heterocycles. The molecule has 3 aliphatic rings. The molecule has 3 saturated heterocycles. The average molecular weight is 392 g/mol. The van der Waals surface area contributed by atoms with Gasteiger partial charge in [0, 0.05) is 36.8 Å². The SMILES string of the molecule is COc1ccc(F)c(NC(=O)CN2CC3CC(C2)N3CC(=O)NC(C)(C)C)c1. The first-order valence-electron chi connectivity index (χ1n) is 9.57. The van der Waals surface area contributed by atoms with Gasteiger partial charge in [-0.05, 0) is 39.3 Å². The monoisotopic (exact) mass is 392 g/mol. The maximum atomic E-state index is 13.9. The molecule has 8 heteroatoms. The summed E-state index contributed by atoms with van der Waals surface area (Å²) >= 11 is 0. The lowest BCUT2D eigenvalue weighted by atomic mass is 9.87. The number of nitrogens with zero attached hydrogens (tertiary/aromatic N) is 2. The Bertz CT molecular complexity index is 737. The standard InChI is InChI=1S/C20H29FN4O3/c1-20(2,3)23-19(27)12-25-13-7-14(25)10-24(9-13)11-18(26)22-17-8-15(28-4)5-6-16(17)21/h5-6,8,13-14H,7,9-12H2,1-4H3,(H,22,26)(H,23,27). The normalized spacial score (nSPS) is 22.3. The van der Waals surface area contributed by atoms with Crippen LogP contribution in [0.25, 0.3) is 0 Å². The van der Waals surface area contributed by atoms with Crippen molar-refractivity contribution in [2.45, 2.75) is 44.8 Å². The minimum atomic E-state index is -0.494. The highest BCUT2D eigenvalue weighted by atomic mass is 19.1. The van der Waals surface area contributed by atoms with Crippen molar-refractivity contribution >= 4 is 17.5 Å². The van der Waals surface area contributed by atoms with E-state index in [9.17, 15) is 14.0 Å². The number of nitrogens with one attached hydrogen (secondary N) is 2. The Morgan fingerprint density at radius 1 is 1.18 bits per heavy atom. The molecule has 7 nitrogen and oxygen atoms in total. The van der Waals surface area contributed by atoms with Crippen LogP contribution in [0.2, 0.25) is 0 Å². The maximum Gasteiger partial charge on any atom is 0.238 e. The van der Waals surface area contributed by atoms with Crippen molar-refractivity contribution in [3.8, 4) is 5.75 Å². The van der Waals surface area contributed by atoms with E-state index in [0.29, 0.717) is 12.3 Å². The highest BCUT2D eigenvalue weighted by Crippen LogP contribution is 2.31. The Morgan fingerprint density at radius 2 is 1.86 bits per heavy atom. The zero-order valence-corrected chi connectivity index (χ0v) is 16.9. The van der Waals surface area contributed by atoms with Crippen LogP contribution in [0.1, 0.15) is 27.2 Å². The van der Waals surface area contributed by atoms with Crippen LogP contribution in [0.4, 0.5) is 10.1 Å². The van der Waals surface area contributed by atoms with Gasteiger partial charge in [-0.3, -0.25) is 19.4 Å². The van der Waals surface area contributed by atoms with Gasteiger partial charge in [-0.25, -0.2) is 4.39 Å². The third kappa shape index (κ3) is 4.99. The van der Waals surface area contributed by atoms with Gasteiger partial charge in [-0.1, -0.05) is 0 Å². The number of rotatable bonds is 6. The fourth-order valence-corrected chi connectivity index (χ4v) is 3.91. The van der Waals surface area contributed by atoms with E-state index in [0.717, 1.165) is 19.5 Å². The molecular formula is C20H29FN4O3. The largest absolute Gasteiger partial charge is 0.497 e. The lowest BCUT2D eigenvalue weighted by molar-refractivity contribution is -0.134. The Balaban J connectivity index is 1.48. The molecule has 3 fully saturated rings. The van der Waals surface area contributed by atoms with Crippen molar-refractivity contribution in [3.63, 3.8) is 0 Å². The molecule has 3 aliphatic heterocycles. The van der Waals surface area contributed by atoms with E-state index in [1.807, 2.05) is 20.8 Å². The highest BCUT2D eigenvalue weighted by Gasteiger charge is 2.45. The van der Waals surface area contributed by atoms with Crippen molar-refractivity contribution in [1.29, 1.82) is 0 Å². The molecule has 2 N–H and O–H groups in total. The maximum absolute atomic E-state index is 13.9. The Labute approximate surface area is 165 Å². The minimum absolute atomic E-state index is 0.0295. The predicted octanol–water partition coefficient (Wildman–Crippen LogP) is 1.45. The first kappa shape index (κ1) is 20.5. The molecule has 2 unspecified atom stereocenters. The molecule has 2 atom stereocenters. The number of amides is 2. The Morgan fingerprint density at radius 3 is 2.46 bits per heavy atom. The zero-order chi connectivity index (χ0) is 20.5. The number of benzene rings is 1. The summed E-state index contributed by atoms with van der Waals surface area (Å²) in [6, 6.07) is 4.81. The van der Waals surface area contributed by atoms with Gasteiger partial charge < -0.3 is 15.4 Å². The summed E-state index contributed by atoms with van der Waals surface area (Å²) in [7, 11) is 1.49. The van der Waals surface area contributed by atoms with Gasteiger partial charge in [-0.2, -0.15) is 0 Å². The first-order chi connectivity index (χ1) is 13.1. The number of hydrogen-bond acceptors (Lipinski definition) is 5. The molecule has 2 bridgehead atoms. The molecule has 28 heavy (non-hydrogen) atoms. The van der Waals surface area contributed by atoms with Crippen molar-refractivity contribution < 1.29 is 18.7 Å². The van der Waals surface area contributed by atoms with Crippen LogP contribution < -0.4 is 15.4 Å². The molecular weight excluding hydrogens is 363 g/mol. The molecule has 0 aromatic heterocycles. The van der Waals surface area contributed by atoms with Crippen molar-refractivity contribution in [2.75, 3.05) is 38.6 Å². The van der Waals surface area contributed by atoms with Crippen molar-refractivity contribution in [1.82, 2.24) is 15.1 Å². The number of piperidine rings is 1. The molecule has 1 aromatic rings. The number of anilines is 1. The summed E-state index contributed by atoms with van der Waals surface area (Å²) in [4.78, 5) is 28.8. The van der Waals surface area contributed by atoms with Gasteiger partial charge in [0.05, 0.1) is 25.9 Å². The molecule has 1 aromatic carbocycles. The number of halogens is 1. The van der Waals surface area contributed by atoms with Crippen LogP contribution in [0.3, 0.4) is 0 Å². The molecule has 0 spiro atoms. The fraction of sp³-hybridized carbons (Fsp3) is 0.600. The number of piperazine rings is 1. The molecule has 154 valence electrons. The van der Waals surface area contributed by atoms with Crippen LogP contribution in [0.15, 0.2) is 18.2 Å². The van der Waals surface area contributed by atoms with Crippen LogP contribution in [-0.4, -0.2) is 72.5 Å². The van der Waals surface area contributed by atoms with E-state index in [-0.39, 0.29) is 41.7 Å². The first-order valence-corrected chi connectivity index (χ1v) is 9.57. The summed E-state index contributed by atoms with van der Waals surface area (Å²) in [5, 5.41) is 5.61. The van der Waals surface area contributed by atoms with E-state index < -0.39 is 5.82 Å². The molecule has 0 aliphatic carbocycles. The number of methoxy groups -OCH3 is 1. The van der Waals surface area contributed by atoms with E-state index in [4.69, 9.17) is 4.74 Å². The topological polar surface area (TPSA) is 73.9 Å². The van der Waals surface area contributed by atoms with Gasteiger partial charge in [0.25, 0.3) is 0 Å². The lowest BCUT2D eigenvalue weighted by Gasteiger charge is -2.56. The van der Waals surface area contributed by atoms with Crippen LogP contribution in [-0.2, 0) is 9.59 Å². The van der Waals surface area contributed by atoms with Gasteiger partial charge in [-0.15, -0.1) is 0 Å². The minimum Gasteiger partial charge on any atom is -0.497 e. The van der Waals surface area contributed by atoms with E-state index >= 15 is 0 Å². The number of carbonyl (C=O) groups excluding carboxylic acids is 2. The summed E-state index contributed by atoms with van der Waals surface area (Å²) in [5.41, 5.74) is -0.122. The second-order valence-electron chi connectivity index (χ2n) is 8.60. The summed E-state index contributed by atoms with van der Waals surface area (Å²) < 4.78 is 18.9. The number of hydrogen-bond donors (Lipinski definition) is 2. The molecule has 4 rings (SSSR count). The third-order valence-electron chi connectivity index (χ3n) is 5.08. The summed E-state index contributed by atoms with van der Waals surface area (Å²) in [6.45, 7) is 7.95. The predicted molar refractivity (Wildman–Crippen MR) is 105 cm³/mol. The van der Waals surface area contributed by atoms with Crippen LogP contribution in [0.5, 0.6) is 5.75 Å². The lowest BCUT2D eigenvalue weighted by Crippen LogP contribution is -2.70. The Kier molecular flexibility index (Phi) is 5.90. The van der Waals surface area contributed by atoms with Crippen LogP contribution >= 0.6 is 0 Å². The van der Waals surface area contributed by atoms with Gasteiger partial charge >= 0.3 is 0 Å². The van der Waals surface area contributed by atoms with E-state index in [1.54, 1.807) is 0 Å². The second-order valence-corrected chi connectivity index (χ2v) is 8.60. The third-order valence-corrected chi connectivity index (χ3v) is 5.08. The van der Waals surface area contributed by atoms with Crippen molar-refractivity contribution in [3.05, 3.63) is 24.0 Å². The fourth-order valence-electron chi connectivity index (χ4n) is 3.91. The number of fused-ring (bicyclic) bond motifs is 2. The van der Waals surface area contributed by atoms with Gasteiger partial charge in [0.2, 0.25) is 11.8 Å². The van der Waals surface area contributed by atoms with Gasteiger partial charge in [0.1, 0.15) is 11.6 Å². The van der Waals surface area contributed by atoms with Crippen LogP contribution in [0, 0.1) is 5.82 Å². The average Bonchev–Trinajstić information content (AvgIpc) is 2.60. The number of ether oxygens (including phenoxy) is 1. The zero-order valence-electron chi connectivity index (χ0n) is 16.9. The molecule has 0 saturated carbocycles. The summed E-state index contributed by atoms with van der Waals surface area (Å²) in [6.07, 6.45) is 1.05. The summed E-state index contributed by atoms with van der Waals surface area (Å²) in [5.74, 6) is -0.237. The smallest absolute Gasteiger partial charge is 0.238 e. The quantitative estimate of drug-likeness (QED) is 0.767. The second kappa shape index (κ2) is 8.05. The Hall–Kier alpha value is -2.19. The highest BCUT2D eigenvalue weighted by molar-refractivity contribution is 5.92.